The van der Waals surface area contributed by atoms with Crippen LogP contribution in [-0.2, 0) is 9.53 Å². The minimum absolute atomic E-state index is 0.0347. The fraction of sp³-hybridized carbons (Fsp3) is 0.824. The molecule has 0 fully saturated rings. The van der Waals surface area contributed by atoms with E-state index in [4.69, 9.17) is 9.84 Å². The maximum atomic E-state index is 11.9. The van der Waals surface area contributed by atoms with Gasteiger partial charge >= 0.3 is 0 Å². The van der Waals surface area contributed by atoms with Gasteiger partial charge < -0.3 is 9.84 Å². The highest BCUT2D eigenvalue weighted by atomic mass is 16.5. The van der Waals surface area contributed by atoms with E-state index in [1.807, 2.05) is 6.92 Å². The van der Waals surface area contributed by atoms with Gasteiger partial charge in [-0.15, -0.1) is 0 Å². The molecule has 0 spiro atoms. The van der Waals surface area contributed by atoms with E-state index in [0.717, 1.165) is 12.8 Å². The maximum Gasteiger partial charge on any atom is 0.202 e. The molecule has 1 N–H and O–H groups in total. The summed E-state index contributed by atoms with van der Waals surface area (Å²) in [6.07, 6.45) is 12.9. The second-order valence-electron chi connectivity index (χ2n) is 6.01. The first-order chi connectivity index (χ1) is 9.62. The molecule has 0 saturated carbocycles. The molecule has 116 valence electrons. The Morgan fingerprint density at radius 2 is 1.70 bits per heavy atom. The van der Waals surface area contributed by atoms with E-state index >= 15 is 0 Å². The Morgan fingerprint density at radius 3 is 2.30 bits per heavy atom. The second kappa shape index (κ2) is 9.17. The van der Waals surface area contributed by atoms with Gasteiger partial charge in [0.25, 0.3) is 0 Å². The molecule has 1 atom stereocenters. The van der Waals surface area contributed by atoms with Crippen molar-refractivity contribution in [2.75, 3.05) is 6.61 Å². The number of hydrogen-bond donors (Lipinski definition) is 1. The Kier molecular flexibility index (Phi) is 7.90. The number of aliphatic hydroxyl groups is 1. The van der Waals surface area contributed by atoms with Crippen molar-refractivity contribution in [3.63, 3.8) is 0 Å². The number of aliphatic hydroxyl groups excluding tert-OH is 1. The predicted octanol–water partition coefficient (Wildman–Crippen LogP) is 4.14. The summed E-state index contributed by atoms with van der Waals surface area (Å²) in [5.74, 6) is 0.698. The summed E-state index contributed by atoms with van der Waals surface area (Å²) >= 11 is 0. The zero-order valence-corrected chi connectivity index (χ0v) is 13.1. The third kappa shape index (κ3) is 5.66. The van der Waals surface area contributed by atoms with Crippen LogP contribution in [0.25, 0.3) is 0 Å². The summed E-state index contributed by atoms with van der Waals surface area (Å²) in [6.45, 7) is 4.14. The van der Waals surface area contributed by atoms with Crippen molar-refractivity contribution in [1.29, 1.82) is 0 Å². The lowest BCUT2D eigenvalue weighted by molar-refractivity contribution is -0.129. The molecule has 0 saturated heterocycles. The van der Waals surface area contributed by atoms with Crippen LogP contribution in [-0.4, -0.2) is 23.1 Å². The van der Waals surface area contributed by atoms with Gasteiger partial charge in [-0.25, -0.2) is 0 Å². The Morgan fingerprint density at radius 1 is 1.10 bits per heavy atom. The summed E-state index contributed by atoms with van der Waals surface area (Å²) in [6, 6.07) is 0. The number of hydrogen-bond acceptors (Lipinski definition) is 3. The molecule has 3 heteroatoms. The van der Waals surface area contributed by atoms with Crippen LogP contribution in [0.5, 0.6) is 0 Å². The Labute approximate surface area is 123 Å². The van der Waals surface area contributed by atoms with E-state index in [0.29, 0.717) is 12.2 Å². The highest BCUT2D eigenvalue weighted by molar-refractivity contribution is 5.99. The van der Waals surface area contributed by atoms with E-state index < -0.39 is 5.60 Å². The number of ketones is 1. The average Bonchev–Trinajstić information content (AvgIpc) is 2.69. The summed E-state index contributed by atoms with van der Waals surface area (Å²) < 4.78 is 5.71. The van der Waals surface area contributed by atoms with Crippen molar-refractivity contribution in [1.82, 2.24) is 0 Å². The standard InChI is InChI=1S/C17H30O3/c1-3-4-5-6-7-8-9-10-12-17(2)16(19)14-15(20-17)11-13-18/h14,18H,3-13H2,1-2H3/t17-/m0/s1. The summed E-state index contributed by atoms with van der Waals surface area (Å²) in [5.41, 5.74) is -0.674. The number of carbonyl (C=O) groups excluding carboxylic acids is 1. The zero-order chi connectivity index (χ0) is 14.8. The molecule has 0 radical (unpaired) electrons. The van der Waals surface area contributed by atoms with E-state index in [1.54, 1.807) is 6.08 Å². The van der Waals surface area contributed by atoms with Crippen LogP contribution in [0, 0.1) is 0 Å². The van der Waals surface area contributed by atoms with Crippen molar-refractivity contribution in [2.45, 2.75) is 83.7 Å². The lowest BCUT2D eigenvalue weighted by Gasteiger charge is -2.23. The maximum absolute atomic E-state index is 11.9. The highest BCUT2D eigenvalue weighted by Crippen LogP contribution is 2.31. The van der Waals surface area contributed by atoms with Gasteiger partial charge in [0.05, 0.1) is 6.61 Å². The minimum atomic E-state index is -0.674. The quantitative estimate of drug-likeness (QED) is 0.579. The fourth-order valence-corrected chi connectivity index (χ4v) is 2.67. The molecule has 0 aliphatic carbocycles. The van der Waals surface area contributed by atoms with E-state index in [9.17, 15) is 4.79 Å². The summed E-state index contributed by atoms with van der Waals surface area (Å²) in [7, 11) is 0. The Bertz CT molecular complexity index is 322. The van der Waals surface area contributed by atoms with E-state index in [1.165, 1.54) is 44.9 Å². The molecule has 3 nitrogen and oxygen atoms in total. The van der Waals surface area contributed by atoms with Gasteiger partial charge in [0, 0.05) is 12.5 Å². The molecule has 1 aliphatic rings. The Balaban J connectivity index is 2.11. The summed E-state index contributed by atoms with van der Waals surface area (Å²) in [4.78, 5) is 11.9. The zero-order valence-electron chi connectivity index (χ0n) is 13.1. The summed E-state index contributed by atoms with van der Waals surface area (Å²) in [5, 5.41) is 8.89. The third-order valence-corrected chi connectivity index (χ3v) is 4.04. The number of ether oxygens (including phenoxy) is 1. The highest BCUT2D eigenvalue weighted by Gasteiger charge is 2.38. The number of unbranched alkanes of at least 4 members (excludes halogenated alkanes) is 7. The van der Waals surface area contributed by atoms with Gasteiger partial charge in [0.15, 0.2) is 5.60 Å². The molecular weight excluding hydrogens is 252 g/mol. The first kappa shape index (κ1) is 17.2. The van der Waals surface area contributed by atoms with E-state index in [2.05, 4.69) is 6.92 Å². The lowest BCUT2D eigenvalue weighted by Crippen LogP contribution is -2.32. The number of rotatable bonds is 11. The monoisotopic (exact) mass is 282 g/mol. The SMILES string of the molecule is CCCCCCCCCC[C@]1(C)OC(CCO)=CC1=O. The predicted molar refractivity (Wildman–Crippen MR) is 81.5 cm³/mol. The first-order valence-corrected chi connectivity index (χ1v) is 8.17. The van der Waals surface area contributed by atoms with Crippen molar-refractivity contribution >= 4 is 5.78 Å². The van der Waals surface area contributed by atoms with Crippen molar-refractivity contribution in [2.24, 2.45) is 0 Å². The fourth-order valence-electron chi connectivity index (χ4n) is 2.67. The van der Waals surface area contributed by atoms with Gasteiger partial charge in [-0.3, -0.25) is 4.79 Å². The van der Waals surface area contributed by atoms with Crippen molar-refractivity contribution in [3.05, 3.63) is 11.8 Å². The van der Waals surface area contributed by atoms with Crippen molar-refractivity contribution in [3.8, 4) is 0 Å². The van der Waals surface area contributed by atoms with Gasteiger partial charge in [0.1, 0.15) is 5.76 Å². The second-order valence-corrected chi connectivity index (χ2v) is 6.01. The molecule has 0 bridgehead atoms. The van der Waals surface area contributed by atoms with Crippen molar-refractivity contribution < 1.29 is 14.6 Å². The molecule has 0 aromatic heterocycles. The molecule has 0 amide bonds. The minimum Gasteiger partial charge on any atom is -0.484 e. The number of carbonyl (C=O) groups is 1. The lowest BCUT2D eigenvalue weighted by atomic mass is 9.94. The van der Waals surface area contributed by atoms with Gasteiger partial charge in [-0.2, -0.15) is 0 Å². The molecule has 0 unspecified atom stereocenters. The van der Waals surface area contributed by atoms with E-state index in [-0.39, 0.29) is 12.4 Å². The Hall–Kier alpha value is -0.830. The average molecular weight is 282 g/mol. The van der Waals surface area contributed by atoms with Crippen LogP contribution in [0.15, 0.2) is 11.8 Å². The molecule has 1 aliphatic heterocycles. The van der Waals surface area contributed by atoms with Crippen LogP contribution in [0.2, 0.25) is 0 Å². The van der Waals surface area contributed by atoms with Crippen LogP contribution in [0.3, 0.4) is 0 Å². The molecule has 1 rings (SSSR count). The molecular formula is C17H30O3. The van der Waals surface area contributed by atoms with Crippen LogP contribution < -0.4 is 0 Å². The van der Waals surface area contributed by atoms with Gasteiger partial charge in [0.2, 0.25) is 5.78 Å². The molecule has 0 aromatic rings. The molecule has 0 aromatic carbocycles. The van der Waals surface area contributed by atoms with Crippen LogP contribution in [0.1, 0.15) is 78.1 Å². The van der Waals surface area contributed by atoms with Crippen LogP contribution in [0.4, 0.5) is 0 Å². The van der Waals surface area contributed by atoms with Gasteiger partial charge in [-0.05, 0) is 19.8 Å². The topological polar surface area (TPSA) is 46.5 Å². The van der Waals surface area contributed by atoms with Gasteiger partial charge in [-0.1, -0.05) is 51.9 Å². The smallest absolute Gasteiger partial charge is 0.202 e. The largest absolute Gasteiger partial charge is 0.484 e. The molecule has 20 heavy (non-hydrogen) atoms. The third-order valence-electron chi connectivity index (χ3n) is 4.04. The normalized spacial score (nSPS) is 21.9. The molecule has 1 heterocycles. The first-order valence-electron chi connectivity index (χ1n) is 8.17. The van der Waals surface area contributed by atoms with Crippen LogP contribution >= 0.6 is 0 Å².